The fourth-order valence-corrected chi connectivity index (χ4v) is 1.93. The zero-order chi connectivity index (χ0) is 13.0. The highest BCUT2D eigenvalue weighted by Crippen LogP contribution is 2.25. The fraction of sp³-hybridized carbons (Fsp3) is 0.286. The first-order chi connectivity index (χ1) is 8.76. The van der Waals surface area contributed by atoms with Gasteiger partial charge in [0.25, 0.3) is 0 Å². The maximum atomic E-state index is 13.8. The van der Waals surface area contributed by atoms with Gasteiger partial charge in [0.2, 0.25) is 0 Å². The van der Waals surface area contributed by atoms with E-state index in [1.54, 1.807) is 26.3 Å². The molecule has 0 bridgehead atoms. The minimum Gasteiger partial charge on any atom is -0.462 e. The number of rotatable bonds is 5. The van der Waals surface area contributed by atoms with E-state index < -0.39 is 0 Å². The van der Waals surface area contributed by atoms with E-state index in [0.717, 1.165) is 5.76 Å². The van der Waals surface area contributed by atoms with Crippen LogP contribution < -0.4 is 5.32 Å². The molecule has 3 nitrogen and oxygen atoms in total. The summed E-state index contributed by atoms with van der Waals surface area (Å²) in [5, 5.41) is 3.06. The molecule has 0 amide bonds. The van der Waals surface area contributed by atoms with Crippen LogP contribution in [0.25, 0.3) is 0 Å². The van der Waals surface area contributed by atoms with Gasteiger partial charge in [-0.2, -0.15) is 0 Å². The van der Waals surface area contributed by atoms with Gasteiger partial charge in [0.15, 0.2) is 0 Å². The quantitative estimate of drug-likeness (QED) is 0.884. The zero-order valence-corrected chi connectivity index (χ0v) is 10.4. The lowest BCUT2D eigenvalue weighted by atomic mass is 10.0. The molecule has 1 atom stereocenters. The standard InChI is InChI=1S/C14H16FNO2/c1-16-14(11-5-3-4-6-12(11)15)13-8-7-10(18-13)9-17-2/h3-8,14,16H,9H2,1-2H3. The minimum absolute atomic E-state index is 0.249. The van der Waals surface area contributed by atoms with Crippen LogP contribution in [0, 0.1) is 5.82 Å². The Hall–Kier alpha value is -1.65. The van der Waals surface area contributed by atoms with Crippen LogP contribution in [0.4, 0.5) is 4.39 Å². The van der Waals surface area contributed by atoms with Crippen molar-refractivity contribution in [3.05, 3.63) is 59.3 Å². The van der Waals surface area contributed by atoms with Gasteiger partial charge >= 0.3 is 0 Å². The Morgan fingerprint density at radius 3 is 2.72 bits per heavy atom. The summed E-state index contributed by atoms with van der Waals surface area (Å²) in [6.07, 6.45) is 0. The van der Waals surface area contributed by atoms with Crippen LogP contribution in [0.3, 0.4) is 0 Å². The Balaban J connectivity index is 2.30. The molecule has 18 heavy (non-hydrogen) atoms. The number of ether oxygens (including phenoxy) is 1. The molecule has 96 valence electrons. The Bertz CT molecular complexity index is 510. The lowest BCUT2D eigenvalue weighted by Crippen LogP contribution is -2.18. The maximum absolute atomic E-state index is 13.8. The number of furan rings is 1. The van der Waals surface area contributed by atoms with Crippen molar-refractivity contribution >= 4 is 0 Å². The molecule has 4 heteroatoms. The number of benzene rings is 1. The first-order valence-electron chi connectivity index (χ1n) is 5.75. The second-order valence-corrected chi connectivity index (χ2v) is 3.98. The molecular formula is C14H16FNO2. The molecule has 0 saturated carbocycles. The summed E-state index contributed by atoms with van der Waals surface area (Å²) in [5.74, 6) is 1.15. The molecule has 0 saturated heterocycles. The van der Waals surface area contributed by atoms with E-state index in [4.69, 9.17) is 9.15 Å². The van der Waals surface area contributed by atoms with Gasteiger partial charge in [-0.3, -0.25) is 0 Å². The van der Waals surface area contributed by atoms with Crippen molar-refractivity contribution in [2.45, 2.75) is 12.6 Å². The summed E-state index contributed by atoms with van der Waals surface area (Å²) in [6.45, 7) is 0.410. The van der Waals surface area contributed by atoms with Crippen molar-refractivity contribution in [3.63, 3.8) is 0 Å². The third-order valence-electron chi connectivity index (χ3n) is 2.76. The van der Waals surface area contributed by atoms with E-state index >= 15 is 0 Å². The Labute approximate surface area is 106 Å². The van der Waals surface area contributed by atoms with Crippen LogP contribution in [0.2, 0.25) is 0 Å². The number of halogens is 1. The van der Waals surface area contributed by atoms with Gasteiger partial charge in [0, 0.05) is 12.7 Å². The fourth-order valence-electron chi connectivity index (χ4n) is 1.93. The summed E-state index contributed by atoms with van der Waals surface area (Å²) < 4.78 is 24.4. The molecule has 0 radical (unpaired) electrons. The molecule has 0 fully saturated rings. The molecule has 0 spiro atoms. The van der Waals surface area contributed by atoms with Gasteiger partial charge in [-0.25, -0.2) is 4.39 Å². The van der Waals surface area contributed by atoms with Crippen LogP contribution in [-0.2, 0) is 11.3 Å². The summed E-state index contributed by atoms with van der Waals surface area (Å²) in [6, 6.07) is 10.0. The average Bonchev–Trinajstić information content (AvgIpc) is 2.82. The molecule has 1 unspecified atom stereocenters. The molecule has 0 aliphatic rings. The molecule has 0 aliphatic heterocycles. The van der Waals surface area contributed by atoms with E-state index in [1.807, 2.05) is 18.2 Å². The topological polar surface area (TPSA) is 34.4 Å². The first-order valence-corrected chi connectivity index (χ1v) is 5.75. The summed E-state index contributed by atoms with van der Waals surface area (Å²) in [5.41, 5.74) is 0.568. The minimum atomic E-state index is -0.295. The molecule has 1 aromatic carbocycles. The first kappa shape index (κ1) is 12.8. The van der Waals surface area contributed by atoms with Crippen LogP contribution in [0.15, 0.2) is 40.8 Å². The van der Waals surface area contributed by atoms with Gasteiger partial charge in [0.05, 0.1) is 6.04 Å². The second-order valence-electron chi connectivity index (χ2n) is 3.98. The highest BCUT2D eigenvalue weighted by atomic mass is 19.1. The monoisotopic (exact) mass is 249 g/mol. The van der Waals surface area contributed by atoms with Gasteiger partial charge in [0.1, 0.15) is 23.9 Å². The van der Waals surface area contributed by atoms with Crippen LogP contribution in [0.1, 0.15) is 23.1 Å². The summed E-state index contributed by atoms with van der Waals surface area (Å²) >= 11 is 0. The Kier molecular flexibility index (Phi) is 4.12. The van der Waals surface area contributed by atoms with Crippen molar-refractivity contribution in [1.29, 1.82) is 0 Å². The Morgan fingerprint density at radius 1 is 1.28 bits per heavy atom. The molecule has 1 heterocycles. The smallest absolute Gasteiger partial charge is 0.129 e. The van der Waals surface area contributed by atoms with Crippen molar-refractivity contribution in [3.8, 4) is 0 Å². The van der Waals surface area contributed by atoms with Crippen LogP contribution in [0.5, 0.6) is 0 Å². The van der Waals surface area contributed by atoms with Crippen molar-refractivity contribution in [2.75, 3.05) is 14.2 Å². The maximum Gasteiger partial charge on any atom is 0.129 e. The number of methoxy groups -OCH3 is 1. The Morgan fingerprint density at radius 2 is 2.06 bits per heavy atom. The molecule has 2 aromatic rings. The summed E-state index contributed by atoms with van der Waals surface area (Å²) in [4.78, 5) is 0. The SMILES string of the molecule is CNC(c1ccc(COC)o1)c1ccccc1F. The molecule has 1 N–H and O–H groups in total. The van der Waals surface area contributed by atoms with E-state index in [-0.39, 0.29) is 11.9 Å². The van der Waals surface area contributed by atoms with Gasteiger partial charge in [-0.1, -0.05) is 18.2 Å². The van der Waals surface area contributed by atoms with Gasteiger partial charge in [-0.05, 0) is 25.2 Å². The predicted octanol–water partition coefficient (Wildman–Crippen LogP) is 2.87. The van der Waals surface area contributed by atoms with Crippen molar-refractivity contribution in [2.24, 2.45) is 0 Å². The van der Waals surface area contributed by atoms with Gasteiger partial charge < -0.3 is 14.5 Å². The molecule has 0 aliphatic carbocycles. The second kappa shape index (κ2) is 5.80. The predicted molar refractivity (Wildman–Crippen MR) is 66.7 cm³/mol. The lowest BCUT2D eigenvalue weighted by molar-refractivity contribution is 0.162. The van der Waals surface area contributed by atoms with E-state index in [9.17, 15) is 4.39 Å². The van der Waals surface area contributed by atoms with Crippen LogP contribution in [-0.4, -0.2) is 14.2 Å². The molecular weight excluding hydrogens is 233 g/mol. The average molecular weight is 249 g/mol. The third-order valence-corrected chi connectivity index (χ3v) is 2.76. The number of hydrogen-bond acceptors (Lipinski definition) is 3. The third kappa shape index (κ3) is 2.60. The summed E-state index contributed by atoms with van der Waals surface area (Å²) in [7, 11) is 3.38. The van der Waals surface area contributed by atoms with E-state index in [0.29, 0.717) is 17.9 Å². The van der Waals surface area contributed by atoms with Crippen molar-refractivity contribution < 1.29 is 13.5 Å². The number of hydrogen-bond donors (Lipinski definition) is 1. The molecule has 2 rings (SSSR count). The normalized spacial score (nSPS) is 12.6. The lowest BCUT2D eigenvalue weighted by Gasteiger charge is -2.14. The highest BCUT2D eigenvalue weighted by Gasteiger charge is 2.19. The number of nitrogens with one attached hydrogen (secondary N) is 1. The van der Waals surface area contributed by atoms with Crippen LogP contribution >= 0.6 is 0 Å². The van der Waals surface area contributed by atoms with E-state index in [2.05, 4.69) is 5.32 Å². The van der Waals surface area contributed by atoms with Crippen molar-refractivity contribution in [1.82, 2.24) is 5.32 Å². The van der Waals surface area contributed by atoms with E-state index in [1.165, 1.54) is 6.07 Å². The highest BCUT2D eigenvalue weighted by molar-refractivity contribution is 5.28. The zero-order valence-electron chi connectivity index (χ0n) is 10.4. The molecule has 1 aromatic heterocycles. The van der Waals surface area contributed by atoms with Gasteiger partial charge in [-0.15, -0.1) is 0 Å². The largest absolute Gasteiger partial charge is 0.462 e.